The molecule has 0 aliphatic heterocycles. The Morgan fingerprint density at radius 3 is 2.50 bits per heavy atom. The number of anilines is 2. The molecule has 5 nitrogen and oxygen atoms in total. The van der Waals surface area contributed by atoms with Gasteiger partial charge in [0, 0.05) is 43.0 Å². The van der Waals surface area contributed by atoms with Gasteiger partial charge in [0.25, 0.3) is 0 Å². The SMILES string of the molecule is CN(C)c1nc(N[C@H]2CC[C@@H](NCc3ccc(Br)s3)CC2)nc2ccccc12. The number of fused-ring (bicyclic) bond motifs is 1. The summed E-state index contributed by atoms with van der Waals surface area (Å²) in [7, 11) is 4.06. The van der Waals surface area contributed by atoms with Gasteiger partial charge in [-0.1, -0.05) is 12.1 Å². The molecule has 28 heavy (non-hydrogen) atoms. The average Bonchev–Trinajstić information content (AvgIpc) is 3.12. The van der Waals surface area contributed by atoms with Crippen LogP contribution >= 0.6 is 27.3 Å². The number of rotatable bonds is 6. The second-order valence-corrected chi connectivity index (χ2v) is 10.1. The third-order valence-corrected chi connectivity index (χ3v) is 6.88. The van der Waals surface area contributed by atoms with Gasteiger partial charge in [-0.05, 0) is 65.9 Å². The van der Waals surface area contributed by atoms with Crippen LogP contribution in [0.1, 0.15) is 30.6 Å². The maximum Gasteiger partial charge on any atom is 0.225 e. The Labute approximate surface area is 178 Å². The predicted molar refractivity (Wildman–Crippen MR) is 122 cm³/mol. The van der Waals surface area contributed by atoms with Crippen LogP contribution in [-0.2, 0) is 6.54 Å². The van der Waals surface area contributed by atoms with Gasteiger partial charge in [0.05, 0.1) is 9.30 Å². The third kappa shape index (κ3) is 4.64. The maximum atomic E-state index is 4.78. The Hall–Kier alpha value is -1.70. The molecule has 0 saturated heterocycles. The average molecular weight is 460 g/mol. The summed E-state index contributed by atoms with van der Waals surface area (Å²) >= 11 is 5.34. The van der Waals surface area contributed by atoms with E-state index < -0.39 is 0 Å². The molecule has 1 aliphatic carbocycles. The van der Waals surface area contributed by atoms with Crippen molar-refractivity contribution in [1.29, 1.82) is 0 Å². The first kappa shape index (κ1) is 19.6. The molecule has 2 N–H and O–H groups in total. The Morgan fingerprint density at radius 2 is 1.79 bits per heavy atom. The first-order valence-corrected chi connectivity index (χ1v) is 11.4. The topological polar surface area (TPSA) is 53.1 Å². The van der Waals surface area contributed by atoms with Gasteiger partial charge in [0.1, 0.15) is 5.82 Å². The van der Waals surface area contributed by atoms with Crippen LogP contribution in [0.4, 0.5) is 11.8 Å². The van der Waals surface area contributed by atoms with Crippen LogP contribution in [0.25, 0.3) is 10.9 Å². The quantitative estimate of drug-likeness (QED) is 0.540. The van der Waals surface area contributed by atoms with E-state index in [2.05, 4.69) is 55.7 Å². The lowest BCUT2D eigenvalue weighted by molar-refractivity contribution is 0.353. The van der Waals surface area contributed by atoms with Crippen LogP contribution in [0.2, 0.25) is 0 Å². The first-order valence-electron chi connectivity index (χ1n) is 9.77. The monoisotopic (exact) mass is 459 g/mol. The van der Waals surface area contributed by atoms with Crippen LogP contribution < -0.4 is 15.5 Å². The zero-order chi connectivity index (χ0) is 19.5. The molecule has 2 heterocycles. The van der Waals surface area contributed by atoms with Gasteiger partial charge in [-0.25, -0.2) is 4.98 Å². The molecular weight excluding hydrogens is 434 g/mol. The van der Waals surface area contributed by atoms with Crippen molar-refractivity contribution in [3.63, 3.8) is 0 Å². The highest BCUT2D eigenvalue weighted by atomic mass is 79.9. The summed E-state index contributed by atoms with van der Waals surface area (Å²) in [5.41, 5.74) is 0.987. The number of para-hydroxylation sites is 1. The van der Waals surface area contributed by atoms with Crippen LogP contribution in [0.5, 0.6) is 0 Å². The lowest BCUT2D eigenvalue weighted by Crippen LogP contribution is -2.36. The number of halogens is 1. The molecule has 1 saturated carbocycles. The van der Waals surface area contributed by atoms with E-state index in [4.69, 9.17) is 9.97 Å². The van der Waals surface area contributed by atoms with Crippen LogP contribution in [0.15, 0.2) is 40.2 Å². The largest absolute Gasteiger partial charge is 0.362 e. The van der Waals surface area contributed by atoms with E-state index in [9.17, 15) is 0 Å². The first-order chi connectivity index (χ1) is 13.6. The van der Waals surface area contributed by atoms with E-state index in [1.807, 2.05) is 26.2 Å². The van der Waals surface area contributed by atoms with E-state index in [1.54, 1.807) is 11.3 Å². The summed E-state index contributed by atoms with van der Waals surface area (Å²) in [6.45, 7) is 0.957. The van der Waals surface area contributed by atoms with Crippen molar-refractivity contribution in [2.24, 2.45) is 0 Å². The summed E-state index contributed by atoms with van der Waals surface area (Å²) in [4.78, 5) is 13.0. The Kier molecular flexibility index (Phi) is 6.13. The van der Waals surface area contributed by atoms with Gasteiger partial charge in [0.2, 0.25) is 5.95 Å². The molecular formula is C21H26BrN5S. The molecule has 1 aliphatic rings. The highest BCUT2D eigenvalue weighted by Crippen LogP contribution is 2.27. The molecule has 148 valence electrons. The van der Waals surface area contributed by atoms with Gasteiger partial charge < -0.3 is 15.5 Å². The Bertz CT molecular complexity index is 933. The molecule has 1 aromatic carbocycles. The predicted octanol–water partition coefficient (Wildman–Crippen LogP) is 5.03. The summed E-state index contributed by atoms with van der Waals surface area (Å²) in [6.07, 6.45) is 4.63. The number of benzene rings is 1. The minimum absolute atomic E-state index is 0.435. The van der Waals surface area contributed by atoms with E-state index in [-0.39, 0.29) is 0 Å². The number of thiophene rings is 1. The summed E-state index contributed by atoms with van der Waals surface area (Å²) in [5, 5.41) is 8.38. The standard InChI is InChI=1S/C21H26BrN5S/c1-27(2)20-17-5-3-4-6-18(17)25-21(26-20)24-15-9-7-14(8-10-15)23-13-16-11-12-19(22)28-16/h3-6,11-12,14-15,23H,7-10,13H2,1-2H3,(H,24,25,26)/t14-,15+. The second-order valence-electron chi connectivity index (χ2n) is 7.56. The Morgan fingerprint density at radius 1 is 1.04 bits per heavy atom. The second kappa shape index (κ2) is 8.76. The van der Waals surface area contributed by atoms with Crippen molar-refractivity contribution in [2.45, 2.75) is 44.3 Å². The smallest absolute Gasteiger partial charge is 0.225 e. The fourth-order valence-corrected chi connectivity index (χ4v) is 5.22. The fourth-order valence-electron chi connectivity index (χ4n) is 3.78. The zero-order valence-electron chi connectivity index (χ0n) is 16.3. The maximum absolute atomic E-state index is 4.78. The van der Waals surface area contributed by atoms with Crippen molar-refractivity contribution in [3.05, 3.63) is 45.1 Å². The van der Waals surface area contributed by atoms with Gasteiger partial charge in [-0.3, -0.25) is 0 Å². The summed E-state index contributed by atoms with van der Waals surface area (Å²) < 4.78 is 1.20. The van der Waals surface area contributed by atoms with Crippen LogP contribution in [-0.4, -0.2) is 36.1 Å². The van der Waals surface area contributed by atoms with Crippen molar-refractivity contribution in [1.82, 2.24) is 15.3 Å². The lowest BCUT2D eigenvalue weighted by Gasteiger charge is -2.30. The van der Waals surface area contributed by atoms with E-state index in [1.165, 1.54) is 21.5 Å². The number of nitrogens with zero attached hydrogens (tertiary/aromatic N) is 3. The van der Waals surface area contributed by atoms with E-state index in [0.29, 0.717) is 12.1 Å². The molecule has 2 aromatic heterocycles. The molecule has 1 fully saturated rings. The van der Waals surface area contributed by atoms with Gasteiger partial charge in [0.15, 0.2) is 0 Å². The molecule has 0 unspecified atom stereocenters. The van der Waals surface area contributed by atoms with Crippen molar-refractivity contribution in [2.75, 3.05) is 24.3 Å². The number of aromatic nitrogens is 2. The molecule has 3 aromatic rings. The summed E-state index contributed by atoms with van der Waals surface area (Å²) in [5.74, 6) is 1.70. The van der Waals surface area contributed by atoms with Crippen molar-refractivity contribution < 1.29 is 0 Å². The van der Waals surface area contributed by atoms with Gasteiger partial charge in [-0.15, -0.1) is 11.3 Å². The molecule has 0 spiro atoms. The number of hydrogen-bond acceptors (Lipinski definition) is 6. The third-order valence-electron chi connectivity index (χ3n) is 5.26. The van der Waals surface area contributed by atoms with E-state index >= 15 is 0 Å². The highest BCUT2D eigenvalue weighted by molar-refractivity contribution is 9.11. The number of hydrogen-bond donors (Lipinski definition) is 2. The Balaban J connectivity index is 1.35. The van der Waals surface area contributed by atoms with Gasteiger partial charge in [-0.2, -0.15) is 4.98 Å². The lowest BCUT2D eigenvalue weighted by atomic mass is 9.91. The zero-order valence-corrected chi connectivity index (χ0v) is 18.7. The normalized spacial score (nSPS) is 19.7. The molecule has 0 amide bonds. The minimum atomic E-state index is 0.435. The summed E-state index contributed by atoms with van der Waals surface area (Å²) in [6, 6.07) is 13.5. The van der Waals surface area contributed by atoms with Crippen LogP contribution in [0, 0.1) is 0 Å². The minimum Gasteiger partial charge on any atom is -0.362 e. The highest BCUT2D eigenvalue weighted by Gasteiger charge is 2.22. The number of nitrogens with one attached hydrogen (secondary N) is 2. The molecule has 0 radical (unpaired) electrons. The van der Waals surface area contributed by atoms with Crippen molar-refractivity contribution in [3.8, 4) is 0 Å². The van der Waals surface area contributed by atoms with Gasteiger partial charge >= 0.3 is 0 Å². The molecule has 7 heteroatoms. The molecule has 0 bridgehead atoms. The van der Waals surface area contributed by atoms with E-state index in [0.717, 1.165) is 42.1 Å². The molecule has 0 atom stereocenters. The van der Waals surface area contributed by atoms with Crippen LogP contribution in [0.3, 0.4) is 0 Å². The van der Waals surface area contributed by atoms with Crippen molar-refractivity contribution >= 4 is 49.9 Å². The molecule has 4 rings (SSSR count). The fraction of sp³-hybridized carbons (Fsp3) is 0.429.